The molecule has 7 heteroatoms. The molecule has 2 aromatic carbocycles. The van der Waals surface area contributed by atoms with Crippen molar-refractivity contribution in [2.45, 2.75) is 6.04 Å². The molecule has 1 atom stereocenters. The molecule has 0 spiro atoms. The predicted molar refractivity (Wildman–Crippen MR) is 123 cm³/mol. The Kier molecular flexibility index (Phi) is 5.86. The molecule has 0 radical (unpaired) electrons. The number of carbonyl (C=O) groups excluding carboxylic acids is 1. The fourth-order valence-electron chi connectivity index (χ4n) is 3.85. The second kappa shape index (κ2) is 8.73. The molecule has 2 aromatic heterocycles. The summed E-state index contributed by atoms with van der Waals surface area (Å²) in [5.74, 6) is 1.19. The fourth-order valence-corrected chi connectivity index (χ4v) is 4.73. The summed E-state index contributed by atoms with van der Waals surface area (Å²) in [5.41, 5.74) is 2.53. The molecule has 2 heterocycles. The molecule has 0 saturated heterocycles. The van der Waals surface area contributed by atoms with E-state index < -0.39 is 0 Å². The second-order valence-corrected chi connectivity index (χ2v) is 8.02. The molecule has 0 bridgehead atoms. The van der Waals surface area contributed by atoms with E-state index in [0.29, 0.717) is 22.8 Å². The third kappa shape index (κ3) is 3.72. The molecule has 0 aliphatic carbocycles. The Bertz CT molecular complexity index is 1170. The van der Waals surface area contributed by atoms with Crippen molar-refractivity contribution >= 4 is 28.1 Å². The van der Waals surface area contributed by atoms with Gasteiger partial charge in [-0.2, -0.15) is 0 Å². The number of nitrogens with zero attached hydrogens (tertiary/aromatic N) is 1. The number of aromatic nitrogens is 1. The van der Waals surface area contributed by atoms with E-state index in [1.54, 1.807) is 28.4 Å². The van der Waals surface area contributed by atoms with Crippen LogP contribution in [0.1, 0.15) is 26.8 Å². The molecule has 0 fully saturated rings. The normalized spacial score (nSPS) is 11.9. The Morgan fingerprint density at radius 3 is 2.32 bits per heavy atom. The maximum atomic E-state index is 13.6. The minimum absolute atomic E-state index is 0.150. The van der Waals surface area contributed by atoms with Crippen molar-refractivity contribution in [1.82, 2.24) is 9.88 Å². The van der Waals surface area contributed by atoms with Crippen molar-refractivity contribution in [3.8, 4) is 17.2 Å². The molecule has 4 aromatic rings. The zero-order chi connectivity index (χ0) is 22.0. The second-order valence-electron chi connectivity index (χ2n) is 7.04. The van der Waals surface area contributed by atoms with Crippen molar-refractivity contribution in [2.24, 2.45) is 0 Å². The number of H-pyrrole nitrogens is 1. The molecule has 0 saturated carbocycles. The van der Waals surface area contributed by atoms with Gasteiger partial charge in [0.15, 0.2) is 11.5 Å². The largest absolute Gasteiger partial charge is 0.493 e. The van der Waals surface area contributed by atoms with Crippen LogP contribution in [0.2, 0.25) is 0 Å². The van der Waals surface area contributed by atoms with Gasteiger partial charge < -0.3 is 24.1 Å². The van der Waals surface area contributed by atoms with Crippen LogP contribution in [-0.2, 0) is 0 Å². The number of nitrogens with one attached hydrogen (secondary N) is 1. The van der Waals surface area contributed by atoms with E-state index in [0.717, 1.165) is 21.3 Å². The lowest BCUT2D eigenvalue weighted by Crippen LogP contribution is -2.31. The number of carbonyl (C=O) groups is 1. The Labute approximate surface area is 185 Å². The van der Waals surface area contributed by atoms with Gasteiger partial charge in [0.25, 0.3) is 5.91 Å². The van der Waals surface area contributed by atoms with Gasteiger partial charge >= 0.3 is 0 Å². The van der Waals surface area contributed by atoms with Gasteiger partial charge in [0.05, 0.1) is 27.4 Å². The highest BCUT2D eigenvalue weighted by Gasteiger charge is 2.29. The van der Waals surface area contributed by atoms with E-state index in [1.807, 2.05) is 42.9 Å². The summed E-state index contributed by atoms with van der Waals surface area (Å²) < 4.78 is 16.3. The van der Waals surface area contributed by atoms with Crippen LogP contribution < -0.4 is 14.2 Å². The van der Waals surface area contributed by atoms with Crippen LogP contribution in [0.3, 0.4) is 0 Å². The first-order valence-corrected chi connectivity index (χ1v) is 10.6. The van der Waals surface area contributed by atoms with Crippen LogP contribution in [0.4, 0.5) is 0 Å². The molecular weight excluding hydrogens is 412 g/mol. The first kappa shape index (κ1) is 20.8. The van der Waals surface area contributed by atoms with E-state index in [1.165, 1.54) is 21.3 Å². The van der Waals surface area contributed by atoms with Crippen molar-refractivity contribution < 1.29 is 19.0 Å². The summed E-state index contributed by atoms with van der Waals surface area (Å²) in [6, 6.07) is 15.3. The number of thiophene rings is 1. The SMILES string of the molecule is COc1cc(C(=O)N(C)[C@H](c2cccs2)c2c[nH]c3ccccc23)cc(OC)c1OC. The molecule has 0 unspecified atom stereocenters. The van der Waals surface area contributed by atoms with Gasteiger partial charge in [-0.05, 0) is 29.6 Å². The van der Waals surface area contributed by atoms with Crippen molar-refractivity contribution in [3.63, 3.8) is 0 Å². The average molecular weight is 437 g/mol. The van der Waals surface area contributed by atoms with Gasteiger partial charge in [-0.1, -0.05) is 24.3 Å². The molecular formula is C24H24N2O4S. The lowest BCUT2D eigenvalue weighted by Gasteiger charge is -2.28. The highest BCUT2D eigenvalue weighted by Crippen LogP contribution is 2.40. The van der Waals surface area contributed by atoms with Gasteiger partial charge in [0, 0.05) is 40.2 Å². The van der Waals surface area contributed by atoms with Crippen molar-refractivity contribution in [3.05, 3.63) is 76.1 Å². The number of hydrogen-bond acceptors (Lipinski definition) is 5. The number of fused-ring (bicyclic) bond motifs is 1. The molecule has 1 amide bonds. The molecule has 160 valence electrons. The van der Waals surface area contributed by atoms with Crippen LogP contribution in [0.25, 0.3) is 10.9 Å². The van der Waals surface area contributed by atoms with E-state index in [4.69, 9.17) is 14.2 Å². The number of rotatable bonds is 7. The summed E-state index contributed by atoms with van der Waals surface area (Å²) in [5, 5.41) is 3.11. The quantitative estimate of drug-likeness (QED) is 0.437. The van der Waals surface area contributed by atoms with E-state index in [9.17, 15) is 4.79 Å². The number of benzene rings is 2. The summed E-state index contributed by atoms with van der Waals surface area (Å²) in [6.07, 6.45) is 1.98. The highest BCUT2D eigenvalue weighted by atomic mass is 32.1. The van der Waals surface area contributed by atoms with Gasteiger partial charge in [0.1, 0.15) is 0 Å². The van der Waals surface area contributed by atoms with Crippen LogP contribution in [0.5, 0.6) is 17.2 Å². The van der Waals surface area contributed by atoms with Gasteiger partial charge in [-0.15, -0.1) is 11.3 Å². The molecule has 0 aliphatic heterocycles. The zero-order valence-electron chi connectivity index (χ0n) is 17.8. The monoisotopic (exact) mass is 436 g/mol. The third-order valence-corrected chi connectivity index (χ3v) is 6.27. The zero-order valence-corrected chi connectivity index (χ0v) is 18.7. The highest BCUT2D eigenvalue weighted by molar-refractivity contribution is 7.10. The first-order valence-electron chi connectivity index (χ1n) is 9.75. The number of amides is 1. The molecule has 0 aliphatic rings. The summed E-state index contributed by atoms with van der Waals surface area (Å²) in [7, 11) is 6.43. The smallest absolute Gasteiger partial charge is 0.254 e. The summed E-state index contributed by atoms with van der Waals surface area (Å²) >= 11 is 1.62. The minimum atomic E-state index is -0.247. The molecule has 4 rings (SSSR count). The number of hydrogen-bond donors (Lipinski definition) is 1. The Morgan fingerprint density at radius 2 is 1.71 bits per heavy atom. The average Bonchev–Trinajstić information content (AvgIpc) is 3.48. The maximum Gasteiger partial charge on any atom is 0.254 e. The number of para-hydroxylation sites is 1. The number of ether oxygens (including phenoxy) is 3. The van der Waals surface area contributed by atoms with Crippen molar-refractivity contribution in [1.29, 1.82) is 0 Å². The standard InChI is InChI=1S/C24H24N2O4S/c1-26(24(27)15-12-19(28-2)23(30-4)20(13-15)29-3)22(21-10-7-11-31-21)17-14-25-18-9-6-5-8-16(17)18/h5-14,22,25H,1-4H3/t22-/m0/s1. The topological polar surface area (TPSA) is 63.8 Å². The number of methoxy groups -OCH3 is 3. The minimum Gasteiger partial charge on any atom is -0.493 e. The Hall–Kier alpha value is -3.45. The lowest BCUT2D eigenvalue weighted by molar-refractivity contribution is 0.0757. The predicted octanol–water partition coefficient (Wildman–Crippen LogP) is 5.12. The number of aromatic amines is 1. The summed E-state index contributed by atoms with van der Waals surface area (Å²) in [4.78, 5) is 19.8. The van der Waals surface area contributed by atoms with Gasteiger partial charge in [-0.3, -0.25) is 4.79 Å². The van der Waals surface area contributed by atoms with Gasteiger partial charge in [-0.25, -0.2) is 0 Å². The molecule has 31 heavy (non-hydrogen) atoms. The maximum absolute atomic E-state index is 13.6. The fraction of sp³-hybridized carbons (Fsp3) is 0.208. The van der Waals surface area contributed by atoms with E-state index in [2.05, 4.69) is 17.1 Å². The van der Waals surface area contributed by atoms with Gasteiger partial charge in [0.2, 0.25) is 5.75 Å². The Morgan fingerprint density at radius 1 is 1.00 bits per heavy atom. The van der Waals surface area contributed by atoms with Crippen LogP contribution >= 0.6 is 11.3 Å². The molecule has 1 N–H and O–H groups in total. The lowest BCUT2D eigenvalue weighted by atomic mass is 10.0. The van der Waals surface area contributed by atoms with E-state index >= 15 is 0 Å². The molecule has 6 nitrogen and oxygen atoms in total. The third-order valence-electron chi connectivity index (χ3n) is 5.35. The Balaban J connectivity index is 1.80. The van der Waals surface area contributed by atoms with Crippen LogP contribution in [0.15, 0.2) is 60.1 Å². The van der Waals surface area contributed by atoms with E-state index in [-0.39, 0.29) is 11.9 Å². The van der Waals surface area contributed by atoms with Crippen LogP contribution in [-0.4, -0.2) is 44.2 Å². The first-order chi connectivity index (χ1) is 15.1. The van der Waals surface area contributed by atoms with Crippen LogP contribution in [0, 0.1) is 0 Å². The van der Waals surface area contributed by atoms with Crippen molar-refractivity contribution in [2.75, 3.05) is 28.4 Å². The summed E-state index contributed by atoms with van der Waals surface area (Å²) in [6.45, 7) is 0.